The maximum absolute atomic E-state index is 10.5. The van der Waals surface area contributed by atoms with Crippen molar-refractivity contribution in [2.75, 3.05) is 6.61 Å². The third-order valence-electron chi connectivity index (χ3n) is 8.16. The van der Waals surface area contributed by atoms with Crippen LogP contribution in [0.5, 0.6) is 0 Å². The van der Waals surface area contributed by atoms with Gasteiger partial charge in [-0.15, -0.1) is 0 Å². The molecule has 0 amide bonds. The molecule has 2 aromatic carbocycles. The Morgan fingerprint density at radius 3 is 2.21 bits per heavy atom. The lowest BCUT2D eigenvalue weighted by molar-refractivity contribution is -0.231. The van der Waals surface area contributed by atoms with E-state index in [0.29, 0.717) is 28.3 Å². The van der Waals surface area contributed by atoms with Gasteiger partial charge in [0.2, 0.25) is 0 Å². The Hall–Kier alpha value is -1.47. The maximum atomic E-state index is 10.5. The normalized spacial score (nSPS) is 31.6. The highest BCUT2D eigenvalue weighted by Gasteiger charge is 2.46. The Kier molecular flexibility index (Phi) is 6.55. The van der Waals surface area contributed by atoms with Crippen LogP contribution in [0.25, 0.3) is 0 Å². The molecule has 33 heavy (non-hydrogen) atoms. The van der Waals surface area contributed by atoms with Crippen molar-refractivity contribution in [2.24, 2.45) is 5.41 Å². The summed E-state index contributed by atoms with van der Waals surface area (Å²) in [5.74, 6) is 0.690. The minimum Gasteiger partial charge on any atom is -0.394 e. The van der Waals surface area contributed by atoms with Gasteiger partial charge in [0.15, 0.2) is 0 Å². The van der Waals surface area contributed by atoms with E-state index in [1.54, 1.807) is 12.1 Å². The van der Waals surface area contributed by atoms with Crippen LogP contribution in [0.1, 0.15) is 72.8 Å². The van der Waals surface area contributed by atoms with Gasteiger partial charge in [-0.25, -0.2) is 0 Å². The van der Waals surface area contributed by atoms with E-state index in [9.17, 15) is 20.4 Å². The highest BCUT2D eigenvalue weighted by molar-refractivity contribution is 6.31. The van der Waals surface area contributed by atoms with E-state index in [2.05, 4.69) is 24.3 Å². The van der Waals surface area contributed by atoms with Gasteiger partial charge in [-0.05, 0) is 71.8 Å². The summed E-state index contributed by atoms with van der Waals surface area (Å²) in [6.07, 6.45) is 3.04. The van der Waals surface area contributed by atoms with Gasteiger partial charge in [0.25, 0.3) is 0 Å². The van der Waals surface area contributed by atoms with Gasteiger partial charge in [-0.2, -0.15) is 0 Å². The maximum Gasteiger partial charge on any atom is 0.113 e. The third kappa shape index (κ3) is 4.47. The van der Waals surface area contributed by atoms with Gasteiger partial charge in [0.1, 0.15) is 30.5 Å². The lowest BCUT2D eigenvalue weighted by atomic mass is 9.59. The van der Waals surface area contributed by atoms with Crippen LogP contribution >= 0.6 is 11.6 Å². The quantitative estimate of drug-likeness (QED) is 0.530. The molecule has 1 saturated heterocycles. The van der Waals surface area contributed by atoms with Crippen LogP contribution in [0.4, 0.5) is 0 Å². The van der Waals surface area contributed by atoms with Crippen LogP contribution in [0.2, 0.25) is 5.02 Å². The molecule has 1 aliphatic heterocycles. The van der Waals surface area contributed by atoms with Crippen molar-refractivity contribution in [3.05, 3.63) is 69.7 Å². The van der Waals surface area contributed by atoms with Crippen molar-refractivity contribution < 1.29 is 25.2 Å². The molecule has 5 atom stereocenters. The minimum absolute atomic E-state index is 0.448. The van der Waals surface area contributed by atoms with Gasteiger partial charge < -0.3 is 25.2 Å². The zero-order chi connectivity index (χ0) is 23.2. The van der Waals surface area contributed by atoms with Gasteiger partial charge in [-0.3, -0.25) is 0 Å². The van der Waals surface area contributed by atoms with E-state index in [1.807, 2.05) is 6.07 Å². The van der Waals surface area contributed by atoms with Crippen molar-refractivity contribution in [2.45, 2.75) is 81.4 Å². The summed E-state index contributed by atoms with van der Waals surface area (Å²) in [4.78, 5) is 0. The first-order chi connectivity index (χ1) is 15.9. The smallest absolute Gasteiger partial charge is 0.113 e. The van der Waals surface area contributed by atoms with Gasteiger partial charge in [0.05, 0.1) is 6.61 Å². The second-order valence-corrected chi connectivity index (χ2v) is 10.7. The van der Waals surface area contributed by atoms with Crippen LogP contribution in [0.15, 0.2) is 42.5 Å². The van der Waals surface area contributed by atoms with E-state index in [4.69, 9.17) is 16.3 Å². The van der Waals surface area contributed by atoms with Crippen molar-refractivity contribution in [1.29, 1.82) is 0 Å². The molecule has 2 aromatic rings. The van der Waals surface area contributed by atoms with Crippen molar-refractivity contribution in [1.82, 2.24) is 0 Å². The first kappa shape index (κ1) is 23.3. The Balaban J connectivity index is 1.29. The number of benzene rings is 2. The molecule has 3 fully saturated rings. The van der Waals surface area contributed by atoms with Gasteiger partial charge in [-0.1, -0.05) is 60.8 Å². The molecule has 0 unspecified atom stereocenters. The van der Waals surface area contributed by atoms with E-state index in [-0.39, 0.29) is 0 Å². The molecule has 2 aliphatic carbocycles. The summed E-state index contributed by atoms with van der Waals surface area (Å²) < 4.78 is 5.71. The number of aliphatic hydroxyl groups is 4. The average Bonchev–Trinajstić information content (AvgIpc) is 3.30. The van der Waals surface area contributed by atoms with Crippen molar-refractivity contribution >= 4 is 11.6 Å². The summed E-state index contributed by atoms with van der Waals surface area (Å²) >= 11 is 6.48. The van der Waals surface area contributed by atoms with E-state index in [0.717, 1.165) is 11.1 Å². The van der Waals surface area contributed by atoms with Crippen LogP contribution in [-0.2, 0) is 11.2 Å². The number of halogens is 1. The lowest BCUT2D eigenvalue weighted by Crippen LogP contribution is -2.55. The Bertz CT molecular complexity index is 961. The molecule has 3 aliphatic rings. The van der Waals surface area contributed by atoms with Crippen LogP contribution < -0.4 is 0 Å². The predicted molar refractivity (Wildman–Crippen MR) is 126 cm³/mol. The van der Waals surface area contributed by atoms with Crippen LogP contribution in [0.3, 0.4) is 0 Å². The predicted octanol–water partition coefficient (Wildman–Crippen LogP) is 3.88. The topological polar surface area (TPSA) is 90.2 Å². The first-order valence-electron chi connectivity index (χ1n) is 12.1. The number of hydrogen-bond acceptors (Lipinski definition) is 5. The Morgan fingerprint density at radius 2 is 1.55 bits per heavy atom. The molecule has 5 rings (SSSR count). The molecule has 1 spiro atoms. The standard InChI is InChI=1S/C27H33ClO5/c28-21-8-7-18(26-25(32)24(31)23(30)22(15-29)33-26)12-19(21)11-16-3-5-17(6-4-16)20-13-27(14-20)9-1-2-10-27/h3-8,12,20,22-26,29-32H,1-2,9-11,13-15H2/t22-,23-,24+,25-,26-/m1/s1. The summed E-state index contributed by atoms with van der Waals surface area (Å²) in [5, 5.41) is 40.7. The fourth-order valence-electron chi connectivity index (χ4n) is 6.17. The molecule has 178 valence electrons. The van der Waals surface area contributed by atoms with E-state index >= 15 is 0 Å². The third-order valence-corrected chi connectivity index (χ3v) is 8.53. The first-order valence-corrected chi connectivity index (χ1v) is 12.4. The second-order valence-electron chi connectivity index (χ2n) is 10.3. The number of rotatable bonds is 5. The summed E-state index contributed by atoms with van der Waals surface area (Å²) in [6, 6.07) is 14.2. The molecule has 0 bridgehead atoms. The summed E-state index contributed by atoms with van der Waals surface area (Å²) in [7, 11) is 0. The number of hydrogen-bond donors (Lipinski definition) is 4. The fraction of sp³-hybridized carbons (Fsp3) is 0.556. The molecular weight excluding hydrogens is 440 g/mol. The van der Waals surface area contributed by atoms with E-state index in [1.165, 1.54) is 44.1 Å². The highest BCUT2D eigenvalue weighted by Crippen LogP contribution is 2.59. The van der Waals surface area contributed by atoms with Crippen molar-refractivity contribution in [3.8, 4) is 0 Å². The summed E-state index contributed by atoms with van der Waals surface area (Å²) in [6.45, 7) is -0.448. The van der Waals surface area contributed by atoms with Gasteiger partial charge >= 0.3 is 0 Å². The lowest BCUT2D eigenvalue weighted by Gasteiger charge is -2.46. The zero-order valence-electron chi connectivity index (χ0n) is 18.7. The minimum atomic E-state index is -1.40. The van der Waals surface area contributed by atoms with Crippen LogP contribution in [-0.4, -0.2) is 51.4 Å². The zero-order valence-corrected chi connectivity index (χ0v) is 19.5. The molecule has 6 heteroatoms. The molecule has 5 nitrogen and oxygen atoms in total. The van der Waals surface area contributed by atoms with Gasteiger partial charge in [0, 0.05) is 5.02 Å². The number of aliphatic hydroxyl groups excluding tert-OH is 4. The molecule has 0 radical (unpaired) electrons. The van der Waals surface area contributed by atoms with E-state index < -0.39 is 37.1 Å². The second kappa shape index (κ2) is 9.29. The molecule has 1 heterocycles. The Morgan fingerprint density at radius 1 is 0.879 bits per heavy atom. The van der Waals surface area contributed by atoms with Crippen molar-refractivity contribution in [3.63, 3.8) is 0 Å². The summed E-state index contributed by atoms with van der Waals surface area (Å²) in [5.41, 5.74) is 4.77. The molecule has 4 N–H and O–H groups in total. The van der Waals surface area contributed by atoms with Crippen LogP contribution in [0, 0.1) is 5.41 Å². The number of ether oxygens (including phenoxy) is 1. The Labute approximate surface area is 200 Å². The highest BCUT2D eigenvalue weighted by atomic mass is 35.5. The molecule has 0 aromatic heterocycles. The SMILES string of the molecule is OC[C@H]1O[C@H](c2ccc(Cl)c(Cc3ccc(C4CC5(CCCC5)C4)cc3)c2)[C@H](O)[C@@H](O)[C@@H]1O. The fourth-order valence-corrected chi connectivity index (χ4v) is 6.35. The average molecular weight is 473 g/mol. The molecular formula is C27H33ClO5. The largest absolute Gasteiger partial charge is 0.394 e. The monoisotopic (exact) mass is 472 g/mol. The molecule has 2 saturated carbocycles.